The van der Waals surface area contributed by atoms with Crippen LogP contribution >= 0.6 is 23.4 Å². The standard InChI is InChI=1S/C17H19ClN2O2S/c1-3-16(23-13-7-5-12(19)6-8-13)17(21)20-14-10-11(18)4-9-15(14)22-2/h4-10,16H,3,19H2,1-2H3,(H,20,21). The number of benzene rings is 2. The minimum Gasteiger partial charge on any atom is -0.495 e. The predicted molar refractivity (Wildman–Crippen MR) is 97.4 cm³/mol. The van der Waals surface area contributed by atoms with Crippen molar-refractivity contribution in [3.8, 4) is 5.75 Å². The number of rotatable bonds is 6. The largest absolute Gasteiger partial charge is 0.495 e. The average molecular weight is 351 g/mol. The van der Waals surface area contributed by atoms with Gasteiger partial charge in [-0.15, -0.1) is 11.8 Å². The summed E-state index contributed by atoms with van der Waals surface area (Å²) < 4.78 is 5.25. The molecule has 3 N–H and O–H groups in total. The number of hydrogen-bond donors (Lipinski definition) is 2. The number of ether oxygens (including phenoxy) is 1. The molecular weight excluding hydrogens is 332 g/mol. The number of carbonyl (C=O) groups is 1. The van der Waals surface area contributed by atoms with Crippen LogP contribution < -0.4 is 15.8 Å². The highest BCUT2D eigenvalue weighted by atomic mass is 35.5. The minimum absolute atomic E-state index is 0.0881. The van der Waals surface area contributed by atoms with Crippen molar-refractivity contribution in [2.75, 3.05) is 18.2 Å². The van der Waals surface area contributed by atoms with Crippen LogP contribution in [0.25, 0.3) is 0 Å². The lowest BCUT2D eigenvalue weighted by Crippen LogP contribution is -2.24. The summed E-state index contributed by atoms with van der Waals surface area (Å²) in [4.78, 5) is 13.5. The summed E-state index contributed by atoms with van der Waals surface area (Å²) in [5.74, 6) is 0.491. The molecule has 1 atom stereocenters. The number of nitrogen functional groups attached to an aromatic ring is 1. The molecule has 0 heterocycles. The van der Waals surface area contributed by atoms with Crippen molar-refractivity contribution in [3.05, 3.63) is 47.5 Å². The van der Waals surface area contributed by atoms with E-state index in [4.69, 9.17) is 22.1 Å². The second kappa shape index (κ2) is 8.13. The minimum atomic E-state index is -0.220. The van der Waals surface area contributed by atoms with Crippen molar-refractivity contribution < 1.29 is 9.53 Å². The van der Waals surface area contributed by atoms with Crippen LogP contribution in [0.5, 0.6) is 5.75 Å². The van der Waals surface area contributed by atoms with Gasteiger partial charge < -0.3 is 15.8 Å². The summed E-state index contributed by atoms with van der Waals surface area (Å²) in [6, 6.07) is 12.6. The fourth-order valence-corrected chi connectivity index (χ4v) is 3.15. The van der Waals surface area contributed by atoms with E-state index in [2.05, 4.69) is 5.32 Å². The Hall–Kier alpha value is -1.85. The van der Waals surface area contributed by atoms with Gasteiger partial charge in [0.25, 0.3) is 0 Å². The number of anilines is 2. The fourth-order valence-electron chi connectivity index (χ4n) is 2.02. The molecule has 2 aromatic carbocycles. The molecule has 0 aromatic heterocycles. The normalized spacial score (nSPS) is 11.8. The van der Waals surface area contributed by atoms with E-state index >= 15 is 0 Å². The third kappa shape index (κ3) is 4.81. The Kier molecular flexibility index (Phi) is 6.19. The first-order chi connectivity index (χ1) is 11.0. The number of nitrogens with two attached hydrogens (primary N) is 1. The van der Waals surface area contributed by atoms with Gasteiger partial charge in [-0.05, 0) is 48.9 Å². The molecule has 0 bridgehead atoms. The fraction of sp³-hybridized carbons (Fsp3) is 0.235. The van der Waals surface area contributed by atoms with Crippen LogP contribution in [0, 0.1) is 0 Å². The molecule has 122 valence electrons. The summed E-state index contributed by atoms with van der Waals surface area (Å²) in [5, 5.41) is 3.21. The number of carbonyl (C=O) groups excluding carboxylic acids is 1. The molecular formula is C17H19ClN2O2S. The zero-order chi connectivity index (χ0) is 16.8. The van der Waals surface area contributed by atoms with Crippen molar-refractivity contribution in [2.45, 2.75) is 23.5 Å². The maximum atomic E-state index is 12.5. The quantitative estimate of drug-likeness (QED) is 0.597. The molecule has 2 rings (SSSR count). The SMILES string of the molecule is CCC(Sc1ccc(N)cc1)C(=O)Nc1cc(Cl)ccc1OC. The zero-order valence-electron chi connectivity index (χ0n) is 13.0. The van der Waals surface area contributed by atoms with Crippen LogP contribution in [0.2, 0.25) is 5.02 Å². The van der Waals surface area contributed by atoms with E-state index in [9.17, 15) is 4.79 Å². The van der Waals surface area contributed by atoms with Gasteiger partial charge in [-0.2, -0.15) is 0 Å². The van der Waals surface area contributed by atoms with Gasteiger partial charge in [0.05, 0.1) is 18.0 Å². The van der Waals surface area contributed by atoms with Crippen LogP contribution in [0.1, 0.15) is 13.3 Å². The molecule has 1 amide bonds. The molecule has 0 radical (unpaired) electrons. The molecule has 0 saturated heterocycles. The number of halogens is 1. The van der Waals surface area contributed by atoms with Crippen molar-refractivity contribution in [1.29, 1.82) is 0 Å². The lowest BCUT2D eigenvalue weighted by Gasteiger charge is -2.16. The van der Waals surface area contributed by atoms with Gasteiger partial charge in [0.2, 0.25) is 5.91 Å². The Balaban J connectivity index is 2.11. The molecule has 23 heavy (non-hydrogen) atoms. The van der Waals surface area contributed by atoms with E-state index in [0.717, 1.165) is 4.90 Å². The lowest BCUT2D eigenvalue weighted by atomic mass is 10.2. The van der Waals surface area contributed by atoms with E-state index in [0.29, 0.717) is 28.6 Å². The molecule has 0 fully saturated rings. The Morgan fingerprint density at radius 1 is 1.30 bits per heavy atom. The third-order valence-electron chi connectivity index (χ3n) is 3.24. The van der Waals surface area contributed by atoms with Gasteiger partial charge in [-0.3, -0.25) is 4.79 Å². The Labute approximate surface area is 145 Å². The summed E-state index contributed by atoms with van der Waals surface area (Å²) >= 11 is 7.49. The first kappa shape index (κ1) is 17.5. The van der Waals surface area contributed by atoms with E-state index in [1.807, 2.05) is 31.2 Å². The van der Waals surface area contributed by atoms with E-state index in [-0.39, 0.29) is 11.2 Å². The third-order valence-corrected chi connectivity index (χ3v) is 4.85. The predicted octanol–water partition coefficient (Wildman–Crippen LogP) is 4.44. The first-order valence-corrected chi connectivity index (χ1v) is 8.46. The smallest absolute Gasteiger partial charge is 0.237 e. The second-order valence-corrected chi connectivity index (χ2v) is 6.63. The van der Waals surface area contributed by atoms with Crippen LogP contribution in [-0.4, -0.2) is 18.3 Å². The lowest BCUT2D eigenvalue weighted by molar-refractivity contribution is -0.115. The van der Waals surface area contributed by atoms with Crippen LogP contribution in [0.15, 0.2) is 47.4 Å². The van der Waals surface area contributed by atoms with Gasteiger partial charge in [0.1, 0.15) is 5.75 Å². The summed E-state index contributed by atoms with van der Waals surface area (Å²) in [5.41, 5.74) is 6.96. The number of thioether (sulfide) groups is 1. The Bertz CT molecular complexity index is 677. The van der Waals surface area contributed by atoms with E-state index in [1.54, 1.807) is 25.3 Å². The molecule has 0 saturated carbocycles. The van der Waals surface area contributed by atoms with Gasteiger partial charge in [-0.25, -0.2) is 0 Å². The van der Waals surface area contributed by atoms with Crippen LogP contribution in [0.4, 0.5) is 11.4 Å². The number of hydrogen-bond acceptors (Lipinski definition) is 4. The van der Waals surface area contributed by atoms with Gasteiger partial charge >= 0.3 is 0 Å². The molecule has 0 spiro atoms. The van der Waals surface area contributed by atoms with E-state index < -0.39 is 0 Å². The zero-order valence-corrected chi connectivity index (χ0v) is 14.6. The monoisotopic (exact) mass is 350 g/mol. The Morgan fingerprint density at radius 3 is 2.61 bits per heavy atom. The van der Waals surface area contributed by atoms with Gasteiger partial charge in [-0.1, -0.05) is 18.5 Å². The van der Waals surface area contributed by atoms with Crippen molar-refractivity contribution in [2.24, 2.45) is 0 Å². The molecule has 2 aromatic rings. The molecule has 4 nitrogen and oxygen atoms in total. The van der Waals surface area contributed by atoms with Crippen molar-refractivity contribution >= 4 is 40.6 Å². The highest BCUT2D eigenvalue weighted by Gasteiger charge is 2.19. The molecule has 0 aliphatic rings. The van der Waals surface area contributed by atoms with Gasteiger partial charge in [0, 0.05) is 15.6 Å². The highest BCUT2D eigenvalue weighted by molar-refractivity contribution is 8.00. The second-order valence-electron chi connectivity index (χ2n) is 4.92. The number of methoxy groups -OCH3 is 1. The van der Waals surface area contributed by atoms with E-state index in [1.165, 1.54) is 11.8 Å². The first-order valence-electron chi connectivity index (χ1n) is 7.20. The summed E-state index contributed by atoms with van der Waals surface area (Å²) in [6.45, 7) is 1.98. The molecule has 1 unspecified atom stereocenters. The average Bonchev–Trinajstić information content (AvgIpc) is 2.54. The molecule has 0 aliphatic heterocycles. The molecule has 0 aliphatic carbocycles. The van der Waals surface area contributed by atoms with Crippen molar-refractivity contribution in [3.63, 3.8) is 0 Å². The maximum Gasteiger partial charge on any atom is 0.237 e. The Morgan fingerprint density at radius 2 is 2.00 bits per heavy atom. The topological polar surface area (TPSA) is 64.4 Å². The molecule has 6 heteroatoms. The summed E-state index contributed by atoms with van der Waals surface area (Å²) in [6.07, 6.45) is 0.698. The van der Waals surface area contributed by atoms with Gasteiger partial charge in [0.15, 0.2) is 0 Å². The van der Waals surface area contributed by atoms with Crippen molar-refractivity contribution in [1.82, 2.24) is 0 Å². The summed E-state index contributed by atoms with van der Waals surface area (Å²) in [7, 11) is 1.55. The number of nitrogens with one attached hydrogen (secondary N) is 1. The number of amides is 1. The highest BCUT2D eigenvalue weighted by Crippen LogP contribution is 2.31. The van der Waals surface area contributed by atoms with Crippen LogP contribution in [-0.2, 0) is 4.79 Å². The van der Waals surface area contributed by atoms with Crippen LogP contribution in [0.3, 0.4) is 0 Å². The maximum absolute atomic E-state index is 12.5.